The maximum Gasteiger partial charge on any atom is 0.162 e. The average molecular weight is 678 g/mol. The van der Waals surface area contributed by atoms with Gasteiger partial charge in [0.2, 0.25) is 0 Å². The van der Waals surface area contributed by atoms with E-state index in [1.165, 1.54) is 6.42 Å². The summed E-state index contributed by atoms with van der Waals surface area (Å²) < 4.78 is 11.1. The van der Waals surface area contributed by atoms with Crippen molar-refractivity contribution >= 4 is 5.78 Å². The molecule has 0 aliphatic heterocycles. The van der Waals surface area contributed by atoms with Gasteiger partial charge in [-0.3, -0.25) is 9.69 Å². The highest BCUT2D eigenvalue weighted by Crippen LogP contribution is 2.78. The summed E-state index contributed by atoms with van der Waals surface area (Å²) in [6.45, 7) is 5.30. The minimum atomic E-state index is -1.07. The van der Waals surface area contributed by atoms with E-state index in [1.54, 1.807) is 14.2 Å². The van der Waals surface area contributed by atoms with Crippen LogP contribution in [0, 0.1) is 39.4 Å². The molecule has 270 valence electrons. The van der Waals surface area contributed by atoms with Crippen LogP contribution in [-0.2, 0) is 11.3 Å². The lowest BCUT2D eigenvalue weighted by Gasteiger charge is -2.71. The minimum Gasteiger partial charge on any atom is -0.497 e. The first-order valence-corrected chi connectivity index (χ1v) is 19.0. The molecule has 4 fully saturated rings. The van der Waals surface area contributed by atoms with Crippen molar-refractivity contribution in [3.05, 3.63) is 47.6 Å². The van der Waals surface area contributed by atoms with E-state index in [2.05, 4.69) is 37.0 Å². The Morgan fingerprint density at radius 3 is 2.39 bits per heavy atom. The van der Waals surface area contributed by atoms with Crippen molar-refractivity contribution in [1.82, 2.24) is 4.90 Å². The van der Waals surface area contributed by atoms with Crippen LogP contribution in [0.15, 0.2) is 42.0 Å². The number of fused-ring (bicyclic) bond motifs is 1. The van der Waals surface area contributed by atoms with E-state index < -0.39 is 22.5 Å². The Labute approximate surface area is 292 Å². The topological polar surface area (TPSA) is 120 Å². The number of allylic oxidation sites excluding steroid dienone is 4. The molecule has 9 atom stereocenters. The number of aliphatic hydroxyl groups is 4. The normalized spacial score (nSPS) is 40.3. The summed E-state index contributed by atoms with van der Waals surface area (Å²) in [4.78, 5) is 16.9. The van der Waals surface area contributed by atoms with Crippen molar-refractivity contribution in [3.8, 4) is 11.5 Å². The molecule has 49 heavy (non-hydrogen) atoms. The quantitative estimate of drug-likeness (QED) is 0.224. The highest BCUT2D eigenvalue weighted by atomic mass is 16.5. The molecule has 2 bridgehead atoms. The van der Waals surface area contributed by atoms with Crippen LogP contribution in [0.4, 0.5) is 0 Å². The standard InChI is InChI=1S/C41H59NO7/c1-37-15-12-29(44)21-39(37)18-19-41(32(22-39)36(46)27-8-6-5-7-9-27)34(37)13-16-38(2)35(41)14-17-40(38,47)26-42(24-30(45)25-43)23-28-10-11-31(48-3)20-33(28)49-4/h10-11,18-20,22,27,29-30,34-35,43-45,47H,5-9,12-17,21,23-26H2,1-4H3/t29?,30-,34+,35+,37+,38-,39-,40+,41+/m0/s1. The predicted molar refractivity (Wildman–Crippen MR) is 188 cm³/mol. The second-order valence-corrected chi connectivity index (χ2v) is 17.2. The number of rotatable bonds is 11. The third-order valence-corrected chi connectivity index (χ3v) is 15.0. The molecule has 0 heterocycles. The maximum absolute atomic E-state index is 14.8. The highest BCUT2D eigenvalue weighted by Gasteiger charge is 2.74. The van der Waals surface area contributed by atoms with Crippen LogP contribution in [0.1, 0.15) is 96.5 Å². The number of hydrogen-bond donors (Lipinski definition) is 4. The molecule has 1 unspecified atom stereocenters. The molecular weight excluding hydrogens is 618 g/mol. The Bertz CT molecular complexity index is 1490. The van der Waals surface area contributed by atoms with Gasteiger partial charge in [0, 0.05) is 59.0 Å². The van der Waals surface area contributed by atoms with E-state index in [-0.39, 0.29) is 47.8 Å². The zero-order chi connectivity index (χ0) is 34.8. The fourth-order valence-electron chi connectivity index (χ4n) is 12.3. The minimum absolute atomic E-state index is 0.0540. The summed E-state index contributed by atoms with van der Waals surface area (Å²) in [6, 6.07) is 5.69. The first-order valence-electron chi connectivity index (χ1n) is 19.0. The molecule has 4 N–H and O–H groups in total. The number of Topliss-reactive ketones (excluding diaryl/α,β-unsaturated/α-hetero) is 1. The number of methoxy groups -OCH3 is 2. The van der Waals surface area contributed by atoms with E-state index in [0.717, 1.165) is 68.9 Å². The second-order valence-electron chi connectivity index (χ2n) is 17.2. The van der Waals surface area contributed by atoms with Crippen LogP contribution < -0.4 is 9.47 Å². The van der Waals surface area contributed by atoms with Crippen molar-refractivity contribution in [2.24, 2.45) is 39.4 Å². The molecule has 4 saturated carbocycles. The molecule has 7 aliphatic rings. The molecule has 8 nitrogen and oxygen atoms in total. The van der Waals surface area contributed by atoms with Crippen LogP contribution >= 0.6 is 0 Å². The number of ether oxygens (including phenoxy) is 2. The Morgan fingerprint density at radius 2 is 1.67 bits per heavy atom. The van der Waals surface area contributed by atoms with Gasteiger partial charge in [0.15, 0.2) is 5.78 Å². The first kappa shape index (κ1) is 35.2. The SMILES string of the molecule is COc1ccc(CN(C[C@H](O)CO)C[C@]2(O)CC[C@H]3[C@]45C=C[C@@]6(C=C4C(=O)C4CCCCC4)CC(O)CC[C@]6(C)[C@H]5CC[C@@]32C)c(OC)c1. The number of benzene rings is 1. The third-order valence-electron chi connectivity index (χ3n) is 15.0. The maximum atomic E-state index is 14.8. The molecule has 2 spiro atoms. The zero-order valence-electron chi connectivity index (χ0n) is 30.1. The number of aliphatic hydroxyl groups excluding tert-OH is 3. The number of ketones is 1. The van der Waals surface area contributed by atoms with Crippen molar-refractivity contribution in [2.45, 2.75) is 115 Å². The predicted octanol–water partition coefficient (Wildman–Crippen LogP) is 5.60. The lowest BCUT2D eigenvalue weighted by atomic mass is 9.32. The average Bonchev–Trinajstić information content (AvgIpc) is 3.37. The summed E-state index contributed by atoms with van der Waals surface area (Å²) in [5.74, 6) is 2.11. The number of hydrogen-bond acceptors (Lipinski definition) is 8. The van der Waals surface area contributed by atoms with E-state index in [9.17, 15) is 25.2 Å². The molecule has 8 rings (SSSR count). The molecule has 0 amide bonds. The molecule has 0 saturated heterocycles. The second kappa shape index (κ2) is 12.8. The van der Waals surface area contributed by atoms with Crippen LogP contribution in [-0.4, -0.2) is 82.8 Å². The smallest absolute Gasteiger partial charge is 0.162 e. The lowest BCUT2D eigenvalue weighted by Crippen LogP contribution is -2.67. The van der Waals surface area contributed by atoms with Gasteiger partial charge in [0.25, 0.3) is 0 Å². The molecule has 0 aromatic heterocycles. The van der Waals surface area contributed by atoms with Crippen LogP contribution in [0.2, 0.25) is 0 Å². The molecule has 1 aromatic rings. The summed E-state index contributed by atoms with van der Waals surface area (Å²) >= 11 is 0. The summed E-state index contributed by atoms with van der Waals surface area (Å²) in [5.41, 5.74) is -0.458. The van der Waals surface area contributed by atoms with Crippen molar-refractivity contribution in [3.63, 3.8) is 0 Å². The Balaban J connectivity index is 1.26. The Morgan fingerprint density at radius 1 is 0.959 bits per heavy atom. The van der Waals surface area contributed by atoms with Crippen LogP contribution in [0.25, 0.3) is 0 Å². The zero-order valence-corrected chi connectivity index (χ0v) is 30.1. The highest BCUT2D eigenvalue weighted by molar-refractivity contribution is 6.00. The van der Waals surface area contributed by atoms with E-state index in [1.807, 2.05) is 18.2 Å². The van der Waals surface area contributed by atoms with E-state index >= 15 is 0 Å². The molecule has 7 aliphatic carbocycles. The summed E-state index contributed by atoms with van der Waals surface area (Å²) in [5, 5.41) is 44.6. The van der Waals surface area contributed by atoms with Gasteiger partial charge in [-0.25, -0.2) is 0 Å². The Hall–Kier alpha value is -2.23. The van der Waals surface area contributed by atoms with Gasteiger partial charge in [-0.05, 0) is 81.1 Å². The van der Waals surface area contributed by atoms with E-state index in [4.69, 9.17) is 9.47 Å². The monoisotopic (exact) mass is 677 g/mol. The van der Waals surface area contributed by atoms with E-state index in [0.29, 0.717) is 43.2 Å². The van der Waals surface area contributed by atoms with Gasteiger partial charge in [-0.15, -0.1) is 0 Å². The molecule has 1 aromatic carbocycles. The number of carbonyl (C=O) groups excluding carboxylic acids is 1. The Kier molecular flexibility index (Phi) is 9.17. The number of carbonyl (C=O) groups is 1. The fourth-order valence-corrected chi connectivity index (χ4v) is 12.3. The van der Waals surface area contributed by atoms with Gasteiger partial charge in [0.05, 0.1) is 38.6 Å². The van der Waals surface area contributed by atoms with Gasteiger partial charge >= 0.3 is 0 Å². The van der Waals surface area contributed by atoms with Crippen molar-refractivity contribution in [1.29, 1.82) is 0 Å². The van der Waals surface area contributed by atoms with Gasteiger partial charge in [0.1, 0.15) is 11.5 Å². The van der Waals surface area contributed by atoms with Crippen molar-refractivity contribution in [2.75, 3.05) is 33.9 Å². The third kappa shape index (κ3) is 5.29. The van der Waals surface area contributed by atoms with Gasteiger partial charge in [-0.1, -0.05) is 57.4 Å². The molecule has 0 radical (unpaired) electrons. The first-order chi connectivity index (χ1) is 23.4. The molecular formula is C41H59NO7. The molecule has 8 heteroatoms. The lowest BCUT2D eigenvalue weighted by molar-refractivity contribution is -0.180. The number of nitrogens with zero attached hydrogens (tertiary/aromatic N) is 1. The summed E-state index contributed by atoms with van der Waals surface area (Å²) in [6.07, 6.45) is 16.8. The summed E-state index contributed by atoms with van der Waals surface area (Å²) in [7, 11) is 3.25. The van der Waals surface area contributed by atoms with Gasteiger partial charge in [-0.2, -0.15) is 0 Å². The van der Waals surface area contributed by atoms with Crippen LogP contribution in [0.5, 0.6) is 11.5 Å². The fraction of sp³-hybridized carbons (Fsp3) is 0.732. The van der Waals surface area contributed by atoms with Gasteiger partial charge < -0.3 is 29.9 Å². The van der Waals surface area contributed by atoms with Crippen molar-refractivity contribution < 1.29 is 34.7 Å². The van der Waals surface area contributed by atoms with Crippen LogP contribution in [0.3, 0.4) is 0 Å². The largest absolute Gasteiger partial charge is 0.497 e.